The van der Waals surface area contributed by atoms with Crippen LogP contribution in [0.4, 0.5) is 34.1 Å². The quantitative estimate of drug-likeness (QED) is 0.126. The van der Waals surface area contributed by atoms with Crippen molar-refractivity contribution in [1.29, 1.82) is 0 Å². The maximum atomic E-state index is 2.51. The summed E-state index contributed by atoms with van der Waals surface area (Å²) in [7, 11) is 0. The summed E-state index contributed by atoms with van der Waals surface area (Å²) in [6.45, 7) is 4.82. The molecule has 2 bridgehead atoms. The third kappa shape index (κ3) is 6.92. The highest BCUT2D eigenvalue weighted by molar-refractivity contribution is 5.94. The first-order valence-electron chi connectivity index (χ1n) is 24.4. The van der Waals surface area contributed by atoms with Gasteiger partial charge in [0, 0.05) is 45.0 Å². The second kappa shape index (κ2) is 16.5. The van der Waals surface area contributed by atoms with Crippen LogP contribution in [0.2, 0.25) is 0 Å². The van der Waals surface area contributed by atoms with E-state index in [1.54, 1.807) is 0 Å². The molecule has 0 aliphatic heterocycles. The van der Waals surface area contributed by atoms with Gasteiger partial charge in [0.2, 0.25) is 0 Å². The molecule has 0 N–H and O–H groups in total. The molecule has 2 saturated carbocycles. The number of rotatable bonds is 10. The number of allylic oxidation sites excluding steroid dienone is 2. The van der Waals surface area contributed by atoms with Gasteiger partial charge in [-0.2, -0.15) is 0 Å². The molecular formula is C64H58N2. The minimum atomic E-state index is -0.151. The maximum absolute atomic E-state index is 2.51. The van der Waals surface area contributed by atoms with Crippen LogP contribution in [-0.2, 0) is 10.8 Å². The Morgan fingerprint density at radius 1 is 0.455 bits per heavy atom. The van der Waals surface area contributed by atoms with Crippen LogP contribution < -0.4 is 9.80 Å². The minimum absolute atomic E-state index is 0.122. The van der Waals surface area contributed by atoms with Crippen molar-refractivity contribution >= 4 is 34.1 Å². The lowest BCUT2D eigenvalue weighted by molar-refractivity contribution is 0.420. The summed E-state index contributed by atoms with van der Waals surface area (Å²) in [6, 6.07) is 75.2. The Kier molecular flexibility index (Phi) is 10.2. The highest BCUT2D eigenvalue weighted by atomic mass is 15.1. The smallest absolute Gasteiger partial charge is 0.0465 e. The zero-order valence-electron chi connectivity index (χ0n) is 38.3. The van der Waals surface area contributed by atoms with Gasteiger partial charge in [0.25, 0.3) is 0 Å². The Labute approximate surface area is 391 Å². The van der Waals surface area contributed by atoms with E-state index in [9.17, 15) is 0 Å². The summed E-state index contributed by atoms with van der Waals surface area (Å²) in [5.41, 5.74) is 19.1. The number of hydrogen-bond acceptors (Lipinski definition) is 2. The average Bonchev–Trinajstić information content (AvgIpc) is 4.09. The van der Waals surface area contributed by atoms with Crippen molar-refractivity contribution in [2.24, 2.45) is 11.8 Å². The molecule has 4 aliphatic rings. The van der Waals surface area contributed by atoms with Gasteiger partial charge in [0.15, 0.2) is 0 Å². The lowest BCUT2D eigenvalue weighted by Crippen LogP contribution is -2.29. The van der Waals surface area contributed by atoms with E-state index in [0.29, 0.717) is 5.92 Å². The number of benzene rings is 8. The van der Waals surface area contributed by atoms with Crippen LogP contribution in [0.1, 0.15) is 92.5 Å². The zero-order valence-corrected chi connectivity index (χ0v) is 38.3. The van der Waals surface area contributed by atoms with Crippen LogP contribution in [0.3, 0.4) is 0 Å². The first-order valence-corrected chi connectivity index (χ1v) is 24.4. The molecule has 2 fully saturated rings. The summed E-state index contributed by atoms with van der Waals surface area (Å²) < 4.78 is 0. The molecule has 0 radical (unpaired) electrons. The van der Waals surface area contributed by atoms with E-state index >= 15 is 0 Å². The average molecular weight is 855 g/mol. The zero-order chi connectivity index (χ0) is 44.2. The van der Waals surface area contributed by atoms with Gasteiger partial charge >= 0.3 is 0 Å². The van der Waals surface area contributed by atoms with E-state index in [2.05, 4.69) is 236 Å². The third-order valence-electron chi connectivity index (χ3n) is 16.1. The van der Waals surface area contributed by atoms with Crippen LogP contribution in [0.15, 0.2) is 212 Å². The monoisotopic (exact) mass is 854 g/mol. The summed E-state index contributed by atoms with van der Waals surface area (Å²) in [5.74, 6) is 2.49. The van der Waals surface area contributed by atoms with Gasteiger partial charge in [-0.3, -0.25) is 0 Å². The number of para-hydroxylation sites is 2. The Morgan fingerprint density at radius 2 is 1.02 bits per heavy atom. The summed E-state index contributed by atoms with van der Waals surface area (Å²) >= 11 is 0. The molecule has 8 aromatic rings. The summed E-state index contributed by atoms with van der Waals surface area (Å²) in [5, 5.41) is 0. The van der Waals surface area contributed by atoms with Crippen LogP contribution >= 0.6 is 0 Å². The predicted molar refractivity (Wildman–Crippen MR) is 277 cm³/mol. The van der Waals surface area contributed by atoms with E-state index in [4.69, 9.17) is 0 Å². The molecule has 0 heterocycles. The molecular weight excluding hydrogens is 797 g/mol. The number of anilines is 6. The largest absolute Gasteiger partial charge is 0.311 e. The number of fused-ring (bicyclic) bond motifs is 5. The molecule has 0 amide bonds. The molecule has 4 aliphatic carbocycles. The lowest BCUT2D eigenvalue weighted by atomic mass is 9.67. The van der Waals surface area contributed by atoms with Crippen LogP contribution in [0.5, 0.6) is 0 Å². The fourth-order valence-electron chi connectivity index (χ4n) is 12.7. The molecule has 4 atom stereocenters. The Bertz CT molecular complexity index is 2980. The van der Waals surface area contributed by atoms with Crippen molar-refractivity contribution < 1.29 is 0 Å². The van der Waals surface area contributed by atoms with E-state index in [0.717, 1.165) is 48.2 Å². The van der Waals surface area contributed by atoms with Crippen molar-refractivity contribution in [3.05, 3.63) is 240 Å². The fourth-order valence-corrected chi connectivity index (χ4v) is 12.7. The first kappa shape index (κ1) is 40.6. The Hall–Kier alpha value is -6.90. The van der Waals surface area contributed by atoms with Crippen LogP contribution in [0, 0.1) is 11.8 Å². The predicted octanol–water partition coefficient (Wildman–Crippen LogP) is 17.5. The molecule has 2 heteroatoms. The lowest BCUT2D eigenvalue weighted by Gasteiger charge is -2.37. The first-order chi connectivity index (χ1) is 32.4. The van der Waals surface area contributed by atoms with Gasteiger partial charge in [-0.25, -0.2) is 0 Å². The molecule has 2 nitrogen and oxygen atoms in total. The van der Waals surface area contributed by atoms with Crippen LogP contribution in [-0.4, -0.2) is 0 Å². The van der Waals surface area contributed by atoms with E-state index < -0.39 is 0 Å². The minimum Gasteiger partial charge on any atom is -0.311 e. The molecule has 12 rings (SSSR count). The molecule has 4 unspecified atom stereocenters. The highest BCUT2D eigenvalue weighted by Crippen LogP contribution is 2.55. The molecule has 0 saturated heterocycles. The van der Waals surface area contributed by atoms with Crippen molar-refractivity contribution in [3.63, 3.8) is 0 Å². The topological polar surface area (TPSA) is 6.48 Å². The van der Waals surface area contributed by atoms with E-state index in [1.165, 1.54) is 92.8 Å². The van der Waals surface area contributed by atoms with Crippen molar-refractivity contribution in [2.75, 3.05) is 9.80 Å². The normalized spacial score (nSPS) is 21.0. The van der Waals surface area contributed by atoms with Crippen molar-refractivity contribution in [1.82, 2.24) is 0 Å². The van der Waals surface area contributed by atoms with Gasteiger partial charge in [-0.05, 0) is 179 Å². The second-order valence-electron chi connectivity index (χ2n) is 20.1. The maximum Gasteiger partial charge on any atom is 0.0465 e. The molecule has 8 aromatic carbocycles. The van der Waals surface area contributed by atoms with Crippen LogP contribution in [0.25, 0.3) is 22.3 Å². The van der Waals surface area contributed by atoms with Gasteiger partial charge in [-0.15, -0.1) is 0 Å². The van der Waals surface area contributed by atoms with E-state index in [-0.39, 0.29) is 10.8 Å². The number of nitrogens with zero attached hydrogens (tertiary/aromatic N) is 2. The Morgan fingerprint density at radius 3 is 1.58 bits per heavy atom. The molecule has 66 heavy (non-hydrogen) atoms. The third-order valence-corrected chi connectivity index (χ3v) is 16.1. The molecule has 0 aromatic heterocycles. The molecule has 0 spiro atoms. The van der Waals surface area contributed by atoms with E-state index in [1.807, 2.05) is 0 Å². The van der Waals surface area contributed by atoms with Crippen molar-refractivity contribution in [2.45, 2.75) is 75.5 Å². The van der Waals surface area contributed by atoms with Gasteiger partial charge in [-0.1, -0.05) is 160 Å². The van der Waals surface area contributed by atoms with Gasteiger partial charge in [0.05, 0.1) is 0 Å². The SMILES string of the molecule is CC1(C)c2cc(N(c3ccc(C4CC5CCC4C5)cc3)c3ccc(C4(c5ccc(N(c6ccccc6)c6ccccc6)cc5)CC=CCC4)cc3)ccc2-c2c(-c3ccccc3)cccc21. The standard InChI is InChI=1S/C64H58N2/c1-63(2)60-23-15-22-57(46-16-7-3-8-17-46)62(60)58-39-38-56(44-61(58)63)66(53-32-26-47(27-33-53)59-43-45-24-25-48(59)42-45)55-36-30-50(31-37-55)64(40-13-6-14-41-64)49-28-34-54(35-29-49)65(51-18-9-4-10-19-51)52-20-11-5-12-21-52/h3-13,15-23,26-39,44-45,48,59H,14,24-25,40-43H2,1-2H3. The van der Waals surface area contributed by atoms with Gasteiger partial charge in [0.1, 0.15) is 0 Å². The molecule has 324 valence electrons. The fraction of sp³-hybridized carbons (Fsp3) is 0.219. The van der Waals surface area contributed by atoms with Gasteiger partial charge < -0.3 is 9.80 Å². The summed E-state index contributed by atoms with van der Waals surface area (Å²) in [6.07, 6.45) is 13.5. The second-order valence-corrected chi connectivity index (χ2v) is 20.1. The summed E-state index contributed by atoms with van der Waals surface area (Å²) in [4.78, 5) is 4.86. The Balaban J connectivity index is 0.928. The highest BCUT2D eigenvalue weighted by Gasteiger charge is 2.41. The van der Waals surface area contributed by atoms with Crippen molar-refractivity contribution in [3.8, 4) is 22.3 Å². The number of hydrogen-bond donors (Lipinski definition) is 0.